The van der Waals surface area contributed by atoms with Gasteiger partial charge in [0.1, 0.15) is 0 Å². The average Bonchev–Trinajstić information content (AvgIpc) is 2.30. The van der Waals surface area contributed by atoms with Crippen LogP contribution in [0.25, 0.3) is 0 Å². The summed E-state index contributed by atoms with van der Waals surface area (Å²) < 4.78 is 54.2. The standard InChI is InChI=1S/C5H10O5S.C5H10O2.ClHO3S/c1-2-3-4(5(6)7)11(8,9)10;1-2-3-4-5(6)7;1-5(2,3)4/h4H,2-3H2,1H3,(H,6,7)(H,8,9,10);2-4H2,1H3,(H,6,7);(H,2,3,4). The first-order valence-electron chi connectivity index (χ1n) is 6.24. The minimum absolute atomic E-state index is 0.0613. The van der Waals surface area contributed by atoms with Gasteiger partial charge in [-0.2, -0.15) is 16.8 Å². The Hall–Kier alpha value is -0.950. The van der Waals surface area contributed by atoms with Gasteiger partial charge in [0.25, 0.3) is 10.1 Å². The van der Waals surface area contributed by atoms with Crippen molar-refractivity contribution in [1.29, 1.82) is 0 Å². The van der Waals surface area contributed by atoms with E-state index >= 15 is 0 Å². The fourth-order valence-corrected chi connectivity index (χ4v) is 1.78. The van der Waals surface area contributed by atoms with E-state index in [9.17, 15) is 18.0 Å². The molecule has 0 aromatic carbocycles. The molecular weight excluding hydrogens is 380 g/mol. The van der Waals surface area contributed by atoms with Gasteiger partial charge >= 0.3 is 21.3 Å². The molecular formula is C10H21ClO10S2. The Balaban J connectivity index is -0.000000286. The molecule has 140 valence electrons. The summed E-state index contributed by atoms with van der Waals surface area (Å²) in [5, 5.41) is 14.7. The lowest BCUT2D eigenvalue weighted by atomic mass is 10.2. The van der Waals surface area contributed by atoms with E-state index in [-0.39, 0.29) is 6.42 Å². The van der Waals surface area contributed by atoms with Crippen LogP contribution in [0.2, 0.25) is 0 Å². The molecule has 0 aliphatic rings. The second kappa shape index (κ2) is 13.5. The molecule has 13 heteroatoms. The van der Waals surface area contributed by atoms with Crippen LogP contribution in [0.3, 0.4) is 0 Å². The molecule has 0 fully saturated rings. The maximum atomic E-state index is 10.3. The average molecular weight is 401 g/mol. The minimum Gasteiger partial charge on any atom is -0.481 e. The van der Waals surface area contributed by atoms with E-state index in [0.29, 0.717) is 12.8 Å². The summed E-state index contributed by atoms with van der Waals surface area (Å²) in [7, 11) is -4.56. The van der Waals surface area contributed by atoms with Crippen LogP contribution in [-0.2, 0) is 29.0 Å². The van der Waals surface area contributed by atoms with Gasteiger partial charge in [0.2, 0.25) is 0 Å². The molecule has 0 bridgehead atoms. The second-order valence-corrected chi connectivity index (χ2v) is 7.63. The fourth-order valence-electron chi connectivity index (χ4n) is 0.990. The van der Waals surface area contributed by atoms with Crippen molar-refractivity contribution in [2.45, 2.75) is 51.2 Å². The van der Waals surface area contributed by atoms with E-state index in [0.717, 1.165) is 12.8 Å². The molecule has 1 unspecified atom stereocenters. The predicted octanol–water partition coefficient (Wildman–Crippen LogP) is 1.42. The van der Waals surface area contributed by atoms with E-state index in [1.807, 2.05) is 6.92 Å². The van der Waals surface area contributed by atoms with E-state index in [4.69, 9.17) is 27.7 Å². The molecule has 0 saturated carbocycles. The number of aliphatic carboxylic acids is 2. The van der Waals surface area contributed by atoms with Gasteiger partial charge in [-0.3, -0.25) is 18.7 Å². The van der Waals surface area contributed by atoms with Crippen LogP contribution in [0.1, 0.15) is 46.0 Å². The quantitative estimate of drug-likeness (QED) is 0.359. The largest absolute Gasteiger partial charge is 0.481 e. The molecule has 0 rings (SSSR count). The van der Waals surface area contributed by atoms with Crippen LogP contribution in [0.5, 0.6) is 0 Å². The third-order valence-corrected chi connectivity index (χ3v) is 3.09. The highest BCUT2D eigenvalue weighted by Gasteiger charge is 2.29. The summed E-state index contributed by atoms with van der Waals surface area (Å²) in [6.07, 6.45) is 2.42. The lowest BCUT2D eigenvalue weighted by molar-refractivity contribution is -0.138. The lowest BCUT2D eigenvalue weighted by Crippen LogP contribution is -2.29. The van der Waals surface area contributed by atoms with Crippen LogP contribution >= 0.6 is 10.7 Å². The topological polar surface area (TPSA) is 183 Å². The maximum absolute atomic E-state index is 10.3. The normalized spacial score (nSPS) is 12.0. The van der Waals surface area contributed by atoms with Gasteiger partial charge < -0.3 is 10.2 Å². The number of unbranched alkanes of at least 4 members (excludes halogenated alkanes) is 1. The number of halogens is 1. The van der Waals surface area contributed by atoms with Gasteiger partial charge in [0, 0.05) is 17.1 Å². The monoisotopic (exact) mass is 400 g/mol. The Labute approximate surface area is 139 Å². The SMILES string of the molecule is CCCC(C(=O)O)S(=O)(=O)O.CCCCC(=O)O.O=S(=O)(O)Cl. The number of rotatable bonds is 7. The van der Waals surface area contributed by atoms with Crippen molar-refractivity contribution in [3.63, 3.8) is 0 Å². The minimum atomic E-state index is -4.43. The van der Waals surface area contributed by atoms with Gasteiger partial charge in [0.05, 0.1) is 0 Å². The zero-order valence-electron chi connectivity index (χ0n) is 12.5. The van der Waals surface area contributed by atoms with Crippen LogP contribution in [-0.4, -0.2) is 53.3 Å². The molecule has 4 N–H and O–H groups in total. The molecule has 0 aromatic rings. The molecule has 1 atom stereocenters. The molecule has 23 heavy (non-hydrogen) atoms. The highest BCUT2D eigenvalue weighted by atomic mass is 35.7. The Morgan fingerprint density at radius 1 is 1.00 bits per heavy atom. The van der Waals surface area contributed by atoms with Gasteiger partial charge in [-0.05, 0) is 12.8 Å². The smallest absolute Gasteiger partial charge is 0.353 e. The van der Waals surface area contributed by atoms with Gasteiger partial charge in [0.15, 0.2) is 5.25 Å². The molecule has 0 aromatic heterocycles. The summed E-state index contributed by atoms with van der Waals surface area (Å²) in [5.41, 5.74) is 0. The lowest BCUT2D eigenvalue weighted by Gasteiger charge is -2.05. The number of carbonyl (C=O) groups is 2. The zero-order chi connectivity index (χ0) is 19.3. The summed E-state index contributed by atoms with van der Waals surface area (Å²) in [6, 6.07) is 0. The van der Waals surface area contributed by atoms with E-state index in [1.54, 1.807) is 6.92 Å². The molecule has 0 spiro atoms. The molecule has 0 radical (unpaired) electrons. The van der Waals surface area contributed by atoms with Gasteiger partial charge in [-0.1, -0.05) is 26.7 Å². The third-order valence-electron chi connectivity index (χ3n) is 1.93. The number of carboxylic acid groups (broad SMARTS) is 2. The number of carboxylic acids is 2. The van der Waals surface area contributed by atoms with E-state index in [1.165, 1.54) is 0 Å². The Morgan fingerprint density at radius 3 is 1.48 bits per heavy atom. The van der Waals surface area contributed by atoms with E-state index in [2.05, 4.69) is 10.7 Å². The Kier molecular flexibility index (Phi) is 15.8. The Morgan fingerprint density at radius 2 is 1.39 bits per heavy atom. The van der Waals surface area contributed by atoms with Crippen LogP contribution < -0.4 is 0 Å². The number of hydrogen-bond acceptors (Lipinski definition) is 6. The molecule has 10 nitrogen and oxygen atoms in total. The van der Waals surface area contributed by atoms with Crippen molar-refractivity contribution >= 4 is 42.1 Å². The van der Waals surface area contributed by atoms with Crippen molar-refractivity contribution in [3.8, 4) is 0 Å². The first-order chi connectivity index (χ1) is 10.2. The van der Waals surface area contributed by atoms with Crippen molar-refractivity contribution in [1.82, 2.24) is 0 Å². The van der Waals surface area contributed by atoms with Crippen molar-refractivity contribution < 1.29 is 45.7 Å². The molecule has 0 amide bonds. The van der Waals surface area contributed by atoms with Crippen LogP contribution in [0.4, 0.5) is 0 Å². The second-order valence-electron chi connectivity index (χ2n) is 4.04. The fraction of sp³-hybridized carbons (Fsp3) is 0.800. The molecule has 0 aliphatic carbocycles. The number of hydrogen-bond donors (Lipinski definition) is 4. The molecule has 0 aliphatic heterocycles. The van der Waals surface area contributed by atoms with Crippen LogP contribution in [0.15, 0.2) is 0 Å². The molecule has 0 heterocycles. The Bertz CT molecular complexity index is 532. The van der Waals surface area contributed by atoms with Crippen molar-refractivity contribution in [2.75, 3.05) is 0 Å². The first kappa shape index (κ1) is 26.9. The third kappa shape index (κ3) is 29.7. The maximum Gasteiger partial charge on any atom is 0.353 e. The summed E-state index contributed by atoms with van der Waals surface area (Å²) in [6.45, 7) is 3.62. The summed E-state index contributed by atoms with van der Waals surface area (Å²) >= 11 is 0. The zero-order valence-corrected chi connectivity index (χ0v) is 14.9. The highest BCUT2D eigenvalue weighted by molar-refractivity contribution is 8.09. The van der Waals surface area contributed by atoms with Crippen molar-refractivity contribution in [3.05, 3.63) is 0 Å². The summed E-state index contributed by atoms with van der Waals surface area (Å²) in [5.74, 6) is -2.20. The first-order valence-corrected chi connectivity index (χ1v) is 10.0. The highest BCUT2D eigenvalue weighted by Crippen LogP contribution is 2.06. The molecule has 0 saturated heterocycles. The van der Waals surface area contributed by atoms with Crippen LogP contribution in [0, 0.1) is 0 Å². The van der Waals surface area contributed by atoms with Crippen molar-refractivity contribution in [2.24, 2.45) is 0 Å². The van der Waals surface area contributed by atoms with Gasteiger partial charge in [-0.15, -0.1) is 0 Å². The predicted molar refractivity (Wildman–Crippen MR) is 82.4 cm³/mol. The van der Waals surface area contributed by atoms with Gasteiger partial charge in [-0.25, -0.2) is 0 Å². The summed E-state index contributed by atoms with van der Waals surface area (Å²) in [4.78, 5) is 20.0. The van der Waals surface area contributed by atoms with E-state index < -0.39 is 36.6 Å².